The summed E-state index contributed by atoms with van der Waals surface area (Å²) in [5.74, 6) is -0.723. The molecule has 0 radical (unpaired) electrons. The van der Waals surface area contributed by atoms with Gasteiger partial charge in [-0.1, -0.05) is 17.7 Å². The summed E-state index contributed by atoms with van der Waals surface area (Å²) in [4.78, 5) is 18.4. The molecule has 0 unspecified atom stereocenters. The van der Waals surface area contributed by atoms with Crippen molar-refractivity contribution in [2.75, 3.05) is 32.8 Å². The number of carbonyl (C=O) groups is 1. The molecule has 0 aliphatic rings. The van der Waals surface area contributed by atoms with Gasteiger partial charge >= 0.3 is 5.69 Å². The third-order valence-corrected chi connectivity index (χ3v) is 7.38. The van der Waals surface area contributed by atoms with Gasteiger partial charge < -0.3 is 35.3 Å². The van der Waals surface area contributed by atoms with Crippen molar-refractivity contribution in [2.45, 2.75) is 6.92 Å². The number of nitrogens with zero attached hydrogens (tertiary/aromatic N) is 4. The zero-order chi connectivity index (χ0) is 28.7. The van der Waals surface area contributed by atoms with Gasteiger partial charge in [0, 0.05) is 23.1 Å². The second kappa shape index (κ2) is 10.1. The van der Waals surface area contributed by atoms with E-state index in [1.165, 1.54) is 21.3 Å². The number of carbonyl (C=O) groups excluding carboxylic acids is 1. The van der Waals surface area contributed by atoms with E-state index in [9.17, 15) is 15.2 Å². The highest BCUT2D eigenvalue weighted by molar-refractivity contribution is 7.21. The van der Waals surface area contributed by atoms with E-state index in [0.29, 0.717) is 39.4 Å². The fourth-order valence-corrected chi connectivity index (χ4v) is 5.43. The van der Waals surface area contributed by atoms with Gasteiger partial charge in [-0.05, 0) is 29.3 Å². The Labute approximate surface area is 231 Å². The Balaban J connectivity index is 1.77. The number of fused-ring (bicyclic) bond motifs is 1. The summed E-state index contributed by atoms with van der Waals surface area (Å²) < 4.78 is 22.3. The number of ketones is 1. The Morgan fingerprint density at radius 3 is 2.33 bits per heavy atom. The summed E-state index contributed by atoms with van der Waals surface area (Å²) >= 11 is 0.931. The van der Waals surface area contributed by atoms with Crippen LogP contribution in [-0.2, 0) is 0 Å². The number of thiophene rings is 1. The predicted octanol–water partition coefficient (Wildman–Crippen LogP) is 2.90. The molecule has 3 heterocycles. The van der Waals surface area contributed by atoms with E-state index in [1.807, 2.05) is 19.1 Å². The van der Waals surface area contributed by atoms with Gasteiger partial charge in [0.05, 0.1) is 32.3 Å². The molecule has 0 bridgehead atoms. The number of anilines is 2. The summed E-state index contributed by atoms with van der Waals surface area (Å²) in [7, 11) is 4.39. The lowest BCUT2D eigenvalue weighted by atomic mass is 9.96. The summed E-state index contributed by atoms with van der Waals surface area (Å²) in [5, 5.41) is 26.7. The van der Waals surface area contributed by atoms with Crippen LogP contribution in [0.25, 0.3) is 27.0 Å². The van der Waals surface area contributed by atoms with Crippen LogP contribution in [0.3, 0.4) is 0 Å². The van der Waals surface area contributed by atoms with Crippen LogP contribution in [0.1, 0.15) is 26.5 Å². The number of pyridine rings is 1. The summed E-state index contributed by atoms with van der Waals surface area (Å²) in [6.07, 6.45) is 0. The molecule has 2 aromatic carbocycles. The molecule has 0 aliphatic heterocycles. The number of aromatic nitrogens is 3. The SMILES string of the molecule is COc1cc(-c2c(C#N)c(N)nc3sc(C(=O)c4c([O-])on[n+]4-c4ccc(C)cc4)c(N)c23)cc(OC)c1OC. The number of nitrogen functional groups attached to an aromatic ring is 2. The van der Waals surface area contributed by atoms with Gasteiger partial charge in [0.25, 0.3) is 5.78 Å². The second-order valence-corrected chi connectivity index (χ2v) is 9.58. The first-order valence-corrected chi connectivity index (χ1v) is 12.5. The van der Waals surface area contributed by atoms with Gasteiger partial charge in [-0.25, -0.2) is 4.98 Å². The van der Waals surface area contributed by atoms with Crippen LogP contribution in [0.5, 0.6) is 23.2 Å². The lowest BCUT2D eigenvalue weighted by molar-refractivity contribution is -0.672. The molecular formula is C27H22N6O6S. The number of nitrogens with two attached hydrogens (primary N) is 2. The van der Waals surface area contributed by atoms with Crippen molar-refractivity contribution >= 4 is 38.8 Å². The number of hydrogen-bond acceptors (Lipinski definition) is 12. The first-order valence-electron chi connectivity index (χ1n) is 11.7. The molecule has 5 aromatic rings. The molecule has 13 heteroatoms. The van der Waals surface area contributed by atoms with E-state index in [0.717, 1.165) is 21.6 Å². The topological polar surface area (TPSA) is 186 Å². The minimum absolute atomic E-state index is 0.00634. The first kappa shape index (κ1) is 26.3. The zero-order valence-electron chi connectivity index (χ0n) is 21.8. The summed E-state index contributed by atoms with van der Waals surface area (Å²) in [5.41, 5.74) is 14.6. The maximum Gasteiger partial charge on any atom is 0.312 e. The van der Waals surface area contributed by atoms with Crippen molar-refractivity contribution in [2.24, 2.45) is 0 Å². The van der Waals surface area contributed by atoms with Crippen molar-refractivity contribution in [1.29, 1.82) is 5.26 Å². The third kappa shape index (κ3) is 4.07. The molecule has 0 amide bonds. The van der Waals surface area contributed by atoms with Crippen molar-refractivity contribution in [3.63, 3.8) is 0 Å². The van der Waals surface area contributed by atoms with E-state index in [4.69, 9.17) is 30.2 Å². The van der Waals surface area contributed by atoms with Crippen molar-refractivity contribution in [1.82, 2.24) is 10.3 Å². The van der Waals surface area contributed by atoms with Gasteiger partial charge in [-0.15, -0.1) is 11.3 Å². The molecule has 0 saturated carbocycles. The van der Waals surface area contributed by atoms with Crippen molar-refractivity contribution in [3.8, 4) is 46.1 Å². The average molecular weight is 559 g/mol. The average Bonchev–Trinajstić information content (AvgIpc) is 3.50. The Kier molecular flexibility index (Phi) is 6.62. The molecule has 5 rings (SSSR count). The fraction of sp³-hybridized carbons (Fsp3) is 0.148. The summed E-state index contributed by atoms with van der Waals surface area (Å²) in [6, 6.07) is 12.4. The maximum atomic E-state index is 13.8. The van der Waals surface area contributed by atoms with Crippen LogP contribution in [0.15, 0.2) is 40.9 Å². The largest absolute Gasteiger partial charge is 0.539 e. The second-order valence-electron chi connectivity index (χ2n) is 8.58. The first-order chi connectivity index (χ1) is 19.2. The maximum absolute atomic E-state index is 13.8. The molecule has 40 heavy (non-hydrogen) atoms. The monoisotopic (exact) mass is 558 g/mol. The fourth-order valence-electron chi connectivity index (χ4n) is 4.37. The van der Waals surface area contributed by atoms with Gasteiger partial charge in [-0.2, -0.15) is 5.26 Å². The highest BCUT2D eigenvalue weighted by Gasteiger charge is 2.33. The molecule has 0 atom stereocenters. The quantitative estimate of drug-likeness (QED) is 0.221. The van der Waals surface area contributed by atoms with Crippen LogP contribution < -0.4 is 35.5 Å². The highest BCUT2D eigenvalue weighted by atomic mass is 32.1. The molecule has 3 aromatic heterocycles. The minimum atomic E-state index is -0.933. The lowest BCUT2D eigenvalue weighted by Gasteiger charge is -2.16. The molecule has 0 spiro atoms. The van der Waals surface area contributed by atoms with Gasteiger partial charge in [0.1, 0.15) is 27.2 Å². The standard InChI is InChI=1S/C27H22N6O6S/c1-12-5-7-14(8-6-12)33-21(27(35)39-32-33)22(34)24-20(29)19-18(15(11-28)25(30)31-26(19)40-24)13-9-16(36-2)23(38-4)17(10-13)37-3/h5-10H,1-4H3,(H4-,29,30,31,32,34,35). The highest BCUT2D eigenvalue weighted by Crippen LogP contribution is 2.47. The van der Waals surface area contributed by atoms with E-state index in [1.54, 1.807) is 24.3 Å². The molecule has 0 aliphatic carbocycles. The Morgan fingerprint density at radius 2 is 1.75 bits per heavy atom. The normalized spacial score (nSPS) is 10.9. The number of benzene rings is 2. The predicted molar refractivity (Wildman–Crippen MR) is 144 cm³/mol. The van der Waals surface area contributed by atoms with E-state index in [-0.39, 0.29) is 32.5 Å². The van der Waals surface area contributed by atoms with Gasteiger partial charge in [-0.3, -0.25) is 4.79 Å². The van der Waals surface area contributed by atoms with Crippen LogP contribution in [0, 0.1) is 18.3 Å². The molecule has 202 valence electrons. The Morgan fingerprint density at radius 1 is 1.10 bits per heavy atom. The number of aryl methyl sites for hydroxylation is 1. The van der Waals surface area contributed by atoms with E-state index < -0.39 is 11.7 Å². The number of rotatable bonds is 7. The number of ether oxygens (including phenoxy) is 3. The molecular weight excluding hydrogens is 536 g/mol. The summed E-state index contributed by atoms with van der Waals surface area (Å²) in [6.45, 7) is 1.90. The Bertz CT molecular complexity index is 1810. The number of methoxy groups -OCH3 is 3. The third-order valence-electron chi connectivity index (χ3n) is 6.28. The van der Waals surface area contributed by atoms with Crippen molar-refractivity contribution < 1.29 is 33.3 Å². The molecule has 12 nitrogen and oxygen atoms in total. The van der Waals surface area contributed by atoms with Crippen LogP contribution in [-0.4, -0.2) is 37.4 Å². The molecule has 4 N–H and O–H groups in total. The van der Waals surface area contributed by atoms with E-state index in [2.05, 4.69) is 16.3 Å². The molecule has 0 fully saturated rings. The lowest BCUT2D eigenvalue weighted by Crippen LogP contribution is -2.39. The van der Waals surface area contributed by atoms with Gasteiger partial charge in [0.15, 0.2) is 17.4 Å². The van der Waals surface area contributed by atoms with Crippen molar-refractivity contribution in [3.05, 3.63) is 58.1 Å². The van der Waals surface area contributed by atoms with Crippen LogP contribution in [0.2, 0.25) is 0 Å². The Hall–Kier alpha value is -5.35. The van der Waals surface area contributed by atoms with Gasteiger partial charge in [0.2, 0.25) is 11.4 Å². The smallest absolute Gasteiger partial charge is 0.312 e. The number of hydrogen-bond donors (Lipinski definition) is 2. The van der Waals surface area contributed by atoms with E-state index >= 15 is 0 Å². The van der Waals surface area contributed by atoms with Crippen LogP contribution in [0.4, 0.5) is 11.5 Å². The molecule has 0 saturated heterocycles. The van der Waals surface area contributed by atoms with Crippen LogP contribution >= 0.6 is 11.3 Å². The zero-order valence-corrected chi connectivity index (χ0v) is 22.6. The minimum Gasteiger partial charge on any atom is -0.539 e. The number of nitriles is 1.